The Balaban J connectivity index is 1.15. The molecule has 0 aliphatic carbocycles. The summed E-state index contributed by atoms with van der Waals surface area (Å²) in [6, 6.07) is 0. The van der Waals surface area contributed by atoms with E-state index in [0.717, 1.165) is 6.33 Å². The zero-order valence-corrected chi connectivity index (χ0v) is 21.7. The molecule has 3 aliphatic rings. The summed E-state index contributed by atoms with van der Waals surface area (Å²) in [6.45, 7) is -1.99. The number of fused-ring (bicyclic) bond motifs is 2. The van der Waals surface area contributed by atoms with Crippen LogP contribution in [-0.2, 0) is 45.6 Å². The summed E-state index contributed by atoms with van der Waals surface area (Å²) < 4.78 is 68.7. The van der Waals surface area contributed by atoms with Gasteiger partial charge >= 0.3 is 0 Å². The molecule has 0 aromatic carbocycles. The first kappa shape index (κ1) is 29.0. The lowest BCUT2D eigenvalue weighted by Crippen LogP contribution is -2.34. The number of ether oxygens (including phenoxy) is 2. The molecule has 5 N–H and O–H groups in total. The first-order valence-electron chi connectivity index (χ1n) is 10.7. The zero-order chi connectivity index (χ0) is 28.3. The fourth-order valence-corrected chi connectivity index (χ4v) is 7.00. The second-order valence-electron chi connectivity index (χ2n) is 8.35. The minimum absolute atomic E-state index is 0.0344. The van der Waals surface area contributed by atoms with Gasteiger partial charge in [-0.25, -0.2) is 19.3 Å². The van der Waals surface area contributed by atoms with Crippen LogP contribution in [0.2, 0.25) is 0 Å². The molecule has 218 valence electrons. The SMILES string of the molecule is Nc1ncnc2c1ncn2[C@@H]1O[C@H](COP(=O)([O-])OP(=O)([O-])OC[C@H]2OC3OP(=O)([O-])O[C@@H]3[C@@H]2O)[C@@H](O)[C@H]1O. The van der Waals surface area contributed by atoms with Crippen molar-refractivity contribution >= 4 is 40.4 Å². The minimum Gasteiger partial charge on any atom is -0.756 e. The van der Waals surface area contributed by atoms with Gasteiger partial charge in [0.15, 0.2) is 24.0 Å². The number of nitrogen functional groups attached to an aromatic ring is 1. The number of rotatable bonds is 9. The van der Waals surface area contributed by atoms with Gasteiger partial charge < -0.3 is 58.8 Å². The Morgan fingerprint density at radius 3 is 2.28 bits per heavy atom. The van der Waals surface area contributed by atoms with Crippen molar-refractivity contribution in [2.75, 3.05) is 18.9 Å². The van der Waals surface area contributed by atoms with Gasteiger partial charge in [0.2, 0.25) is 0 Å². The molecule has 11 atom stereocenters. The predicted octanol–water partition coefficient (Wildman–Crippen LogP) is -4.02. The molecule has 3 aliphatic heterocycles. The number of imidazole rings is 1. The van der Waals surface area contributed by atoms with E-state index in [1.54, 1.807) is 0 Å². The van der Waals surface area contributed by atoms with E-state index < -0.39 is 85.8 Å². The second-order valence-corrected chi connectivity index (χ2v) is 12.6. The average molecular weight is 618 g/mol. The molecule has 0 amide bonds. The van der Waals surface area contributed by atoms with E-state index in [1.807, 2.05) is 0 Å². The highest BCUT2D eigenvalue weighted by molar-refractivity contribution is 7.59. The summed E-state index contributed by atoms with van der Waals surface area (Å²) in [7, 11) is -16.0. The van der Waals surface area contributed by atoms with E-state index in [-0.39, 0.29) is 17.0 Å². The molecule has 2 aromatic rings. The summed E-state index contributed by atoms with van der Waals surface area (Å²) in [5.41, 5.74) is 6.03. The van der Waals surface area contributed by atoms with Crippen molar-refractivity contribution in [2.24, 2.45) is 0 Å². The Labute approximate surface area is 216 Å². The first-order chi connectivity index (χ1) is 18.2. The summed E-state index contributed by atoms with van der Waals surface area (Å²) in [6.07, 6.45) is -10.0. The lowest BCUT2D eigenvalue weighted by Gasteiger charge is -2.32. The number of aliphatic hydroxyl groups is 3. The quantitative estimate of drug-likeness (QED) is 0.194. The van der Waals surface area contributed by atoms with Gasteiger partial charge in [-0.05, 0) is 0 Å². The Kier molecular flexibility index (Phi) is 7.75. The van der Waals surface area contributed by atoms with Crippen LogP contribution >= 0.6 is 23.5 Å². The van der Waals surface area contributed by atoms with Gasteiger partial charge in [-0.3, -0.25) is 22.8 Å². The lowest BCUT2D eigenvalue weighted by molar-refractivity contribution is -0.248. The van der Waals surface area contributed by atoms with Crippen LogP contribution in [0.4, 0.5) is 5.82 Å². The van der Waals surface area contributed by atoms with Gasteiger partial charge in [0.05, 0.1) is 19.5 Å². The topological polar surface area (TPSA) is 315 Å². The molecule has 3 fully saturated rings. The Hall–Kier alpha value is -1.48. The maximum atomic E-state index is 12.1. The largest absolute Gasteiger partial charge is 0.756 e. The summed E-state index contributed by atoms with van der Waals surface area (Å²) in [5.74, 6) is 0.0344. The molecule has 0 saturated carbocycles. The third kappa shape index (κ3) is 5.95. The van der Waals surface area contributed by atoms with E-state index in [4.69, 9.17) is 15.2 Å². The predicted molar refractivity (Wildman–Crippen MR) is 112 cm³/mol. The molecule has 0 spiro atoms. The smallest absolute Gasteiger partial charge is 0.274 e. The first-order valence-corrected chi connectivity index (χ1v) is 15.1. The lowest BCUT2D eigenvalue weighted by atomic mass is 10.1. The van der Waals surface area contributed by atoms with Crippen LogP contribution in [0.5, 0.6) is 0 Å². The van der Waals surface area contributed by atoms with E-state index >= 15 is 0 Å². The fourth-order valence-electron chi connectivity index (χ4n) is 3.99. The summed E-state index contributed by atoms with van der Waals surface area (Å²) in [5, 5.41) is 30.7. The van der Waals surface area contributed by atoms with Gasteiger partial charge in [0.1, 0.15) is 48.5 Å². The van der Waals surface area contributed by atoms with Gasteiger partial charge in [-0.1, -0.05) is 0 Å². The standard InChI is InChI=1S/C15H22N5O16P3/c16-12-7-13(18-3-17-12)20(4-19-7)14-10(23)8(21)5(32-14)1-30-37(24,25)36-38(26,27)31-2-6-9(22)11-15(33-6)35-39(28,29)34-11/h3-6,8-11,14-15,21-23H,1-2H2,(H,24,25)(H,26,27)(H,28,29)(H2,16,17,18)/p-3/t5-,6-,8-,9-,10-,11-,14-,15?/m1/s1. The van der Waals surface area contributed by atoms with Crippen LogP contribution in [0.25, 0.3) is 11.2 Å². The van der Waals surface area contributed by atoms with Crippen molar-refractivity contribution in [3.05, 3.63) is 12.7 Å². The van der Waals surface area contributed by atoms with E-state index in [0.29, 0.717) is 0 Å². The molecule has 0 radical (unpaired) electrons. The molecule has 5 heterocycles. The number of hydrogen-bond donors (Lipinski definition) is 4. The fraction of sp³-hybridized carbons (Fsp3) is 0.667. The molecular weight excluding hydrogens is 599 g/mol. The number of aliphatic hydroxyl groups excluding tert-OH is 3. The molecule has 39 heavy (non-hydrogen) atoms. The van der Waals surface area contributed by atoms with E-state index in [1.165, 1.54) is 10.9 Å². The Bertz CT molecular complexity index is 1380. The molecule has 4 unspecified atom stereocenters. The highest BCUT2D eigenvalue weighted by Crippen LogP contribution is 2.57. The number of hydrogen-bond acceptors (Lipinski definition) is 20. The third-order valence-corrected chi connectivity index (χ3v) is 9.27. The monoisotopic (exact) mass is 618 g/mol. The Morgan fingerprint density at radius 2 is 1.64 bits per heavy atom. The molecule has 2 aromatic heterocycles. The average Bonchev–Trinajstić information content (AvgIpc) is 3.54. The van der Waals surface area contributed by atoms with Gasteiger partial charge in [-0.2, -0.15) is 0 Å². The van der Waals surface area contributed by atoms with Gasteiger partial charge in [0, 0.05) is 0 Å². The van der Waals surface area contributed by atoms with Crippen molar-refractivity contribution in [2.45, 2.75) is 49.1 Å². The number of aromatic nitrogens is 4. The zero-order valence-electron chi connectivity index (χ0n) is 19.0. The maximum Gasteiger partial charge on any atom is 0.274 e. The number of phosphoric acid groups is 3. The van der Waals surface area contributed by atoms with Crippen LogP contribution in [0.1, 0.15) is 6.23 Å². The van der Waals surface area contributed by atoms with Crippen LogP contribution in [0.3, 0.4) is 0 Å². The normalized spacial score (nSPS) is 39.5. The number of phosphoric ester groups is 3. The van der Waals surface area contributed by atoms with Crippen LogP contribution in [0.15, 0.2) is 12.7 Å². The van der Waals surface area contributed by atoms with Crippen molar-refractivity contribution in [1.29, 1.82) is 0 Å². The summed E-state index contributed by atoms with van der Waals surface area (Å²) >= 11 is 0. The van der Waals surface area contributed by atoms with Crippen LogP contribution in [-0.4, -0.2) is 91.0 Å². The molecular formula is C15H19N5O16P3-3. The number of nitrogens with two attached hydrogens (primary N) is 1. The molecule has 3 saturated heterocycles. The highest BCUT2D eigenvalue weighted by atomic mass is 31.3. The summed E-state index contributed by atoms with van der Waals surface area (Å²) in [4.78, 5) is 47.1. The molecule has 5 rings (SSSR count). The van der Waals surface area contributed by atoms with Crippen molar-refractivity contribution < 1.29 is 75.6 Å². The van der Waals surface area contributed by atoms with Gasteiger partial charge in [-0.15, -0.1) is 0 Å². The van der Waals surface area contributed by atoms with Crippen molar-refractivity contribution in [3.63, 3.8) is 0 Å². The van der Waals surface area contributed by atoms with Crippen LogP contribution < -0.4 is 20.4 Å². The van der Waals surface area contributed by atoms with Gasteiger partial charge in [0.25, 0.3) is 23.5 Å². The molecule has 0 bridgehead atoms. The van der Waals surface area contributed by atoms with E-state index in [2.05, 4.69) is 37.4 Å². The minimum atomic E-state index is -5.66. The molecule has 24 heteroatoms. The number of anilines is 1. The maximum absolute atomic E-state index is 12.1. The van der Waals surface area contributed by atoms with Crippen LogP contribution in [0, 0.1) is 0 Å². The molecule has 21 nitrogen and oxygen atoms in total. The third-order valence-electron chi connectivity index (χ3n) is 5.77. The van der Waals surface area contributed by atoms with Crippen molar-refractivity contribution in [3.8, 4) is 0 Å². The second kappa shape index (κ2) is 10.4. The Morgan fingerprint density at radius 1 is 1.00 bits per heavy atom. The van der Waals surface area contributed by atoms with Crippen molar-refractivity contribution in [1.82, 2.24) is 19.5 Å². The van der Waals surface area contributed by atoms with E-state index in [9.17, 15) is 43.7 Å². The highest BCUT2D eigenvalue weighted by Gasteiger charge is 2.53. The number of nitrogens with zero attached hydrogens (tertiary/aromatic N) is 4.